The topological polar surface area (TPSA) is 66.8 Å². The van der Waals surface area contributed by atoms with Crippen LogP contribution in [0.15, 0.2) is 60.7 Å². The number of carboxylic acid groups (broad SMARTS) is 1. The Morgan fingerprint density at radius 2 is 1.79 bits per heavy atom. The van der Waals surface area contributed by atoms with E-state index in [2.05, 4.69) is 19.9 Å². The van der Waals surface area contributed by atoms with E-state index in [-0.39, 0.29) is 17.9 Å². The molecule has 1 N–H and O–H groups in total. The molecule has 0 spiro atoms. The lowest BCUT2D eigenvalue weighted by molar-refractivity contribution is -0.136. The first kappa shape index (κ1) is 22.5. The smallest absolute Gasteiger partial charge is 0.307 e. The van der Waals surface area contributed by atoms with Gasteiger partial charge in [0, 0.05) is 10.7 Å². The highest BCUT2D eigenvalue weighted by Crippen LogP contribution is 2.50. The maximum absolute atomic E-state index is 14.1. The number of fused-ring (bicyclic) bond motifs is 2. The Morgan fingerprint density at radius 3 is 2.50 bits per heavy atom. The summed E-state index contributed by atoms with van der Waals surface area (Å²) in [7, 11) is 0. The molecule has 3 aromatic rings. The molecule has 0 aliphatic carbocycles. The molecular weight excluding hydrogens is 450 g/mol. The first-order chi connectivity index (χ1) is 16.1. The van der Waals surface area contributed by atoms with Gasteiger partial charge in [-0.05, 0) is 92.3 Å². The molecule has 2 aliphatic rings. The Kier molecular flexibility index (Phi) is 5.21. The average Bonchev–Trinajstić information content (AvgIpc) is 3.00. The third-order valence-corrected chi connectivity index (χ3v) is 7.17. The molecule has 1 atom stereocenters. The minimum Gasteiger partial charge on any atom is -0.488 e. The Morgan fingerprint density at radius 1 is 1.06 bits per heavy atom. The van der Waals surface area contributed by atoms with E-state index in [0.717, 1.165) is 41.0 Å². The molecule has 0 saturated carbocycles. The molecule has 0 bridgehead atoms. The van der Waals surface area contributed by atoms with Gasteiger partial charge in [0.05, 0.1) is 17.5 Å². The van der Waals surface area contributed by atoms with Gasteiger partial charge < -0.3 is 9.84 Å². The number of carboxylic acids is 1. The molecule has 6 heteroatoms. The number of anilines is 2. The van der Waals surface area contributed by atoms with Crippen LogP contribution in [0, 0.1) is 0 Å². The summed E-state index contributed by atoms with van der Waals surface area (Å²) in [6.07, 6.45) is 1.73. The van der Waals surface area contributed by atoms with E-state index < -0.39 is 11.4 Å². The minimum absolute atomic E-state index is 0.0634. The van der Waals surface area contributed by atoms with Crippen LogP contribution in [0.3, 0.4) is 0 Å². The fourth-order valence-corrected chi connectivity index (χ4v) is 5.17. The van der Waals surface area contributed by atoms with Gasteiger partial charge in [-0.2, -0.15) is 0 Å². The molecule has 2 aliphatic heterocycles. The zero-order valence-corrected chi connectivity index (χ0v) is 20.1. The lowest BCUT2D eigenvalue weighted by Crippen LogP contribution is -2.37. The summed E-state index contributed by atoms with van der Waals surface area (Å²) in [5.41, 5.74) is 3.86. The second-order valence-electron chi connectivity index (χ2n) is 9.85. The van der Waals surface area contributed by atoms with Crippen LogP contribution in [0.4, 0.5) is 11.4 Å². The van der Waals surface area contributed by atoms with Crippen molar-refractivity contribution in [3.63, 3.8) is 0 Å². The van der Waals surface area contributed by atoms with Crippen LogP contribution in [-0.4, -0.2) is 22.6 Å². The van der Waals surface area contributed by atoms with Crippen molar-refractivity contribution >= 4 is 34.9 Å². The highest BCUT2D eigenvalue weighted by molar-refractivity contribution is 6.31. The van der Waals surface area contributed by atoms with Gasteiger partial charge in [-0.1, -0.05) is 35.9 Å². The van der Waals surface area contributed by atoms with E-state index in [4.69, 9.17) is 21.4 Å². The highest BCUT2D eigenvalue weighted by atomic mass is 35.5. The molecule has 174 valence electrons. The molecule has 0 saturated heterocycles. The molecule has 5 rings (SSSR count). The Bertz CT molecular complexity index is 1310. The van der Waals surface area contributed by atoms with Crippen LogP contribution in [-0.2, 0) is 27.8 Å². The van der Waals surface area contributed by atoms with Gasteiger partial charge in [0.25, 0.3) is 0 Å². The standard InChI is InChI=1S/C28H26ClNO4/c1-27(2)13-12-18-15-19(6-11-24(18)34-27)28(3)22-16-20(29)7-10-23(22)30(26(28)33)21-8-4-17(5-9-21)14-25(31)32/h4-11,15-16H,12-14H2,1-3H3,(H,31,32)/t28-/m1/s1. The zero-order chi connectivity index (χ0) is 24.3. The first-order valence-corrected chi connectivity index (χ1v) is 11.7. The molecule has 0 radical (unpaired) electrons. The second-order valence-corrected chi connectivity index (χ2v) is 10.3. The molecule has 0 aromatic heterocycles. The largest absolute Gasteiger partial charge is 0.488 e. The van der Waals surface area contributed by atoms with Crippen LogP contribution in [0.1, 0.15) is 49.4 Å². The number of hydrogen-bond donors (Lipinski definition) is 1. The number of ether oxygens (including phenoxy) is 1. The number of nitrogens with zero attached hydrogens (tertiary/aromatic N) is 1. The zero-order valence-electron chi connectivity index (χ0n) is 19.4. The molecule has 2 heterocycles. The third-order valence-electron chi connectivity index (χ3n) is 6.94. The summed E-state index contributed by atoms with van der Waals surface area (Å²) in [6.45, 7) is 6.12. The number of aliphatic carboxylic acids is 1. The van der Waals surface area contributed by atoms with Crippen LogP contribution >= 0.6 is 11.6 Å². The fraction of sp³-hybridized carbons (Fsp3) is 0.286. The number of halogens is 1. The summed E-state index contributed by atoms with van der Waals surface area (Å²) < 4.78 is 6.16. The van der Waals surface area contributed by atoms with Gasteiger partial charge in [0.1, 0.15) is 11.4 Å². The van der Waals surface area contributed by atoms with Crippen molar-refractivity contribution < 1.29 is 19.4 Å². The van der Waals surface area contributed by atoms with Crippen molar-refractivity contribution in [3.05, 3.63) is 87.9 Å². The molecule has 0 fully saturated rings. The first-order valence-electron chi connectivity index (χ1n) is 11.4. The monoisotopic (exact) mass is 475 g/mol. The number of rotatable bonds is 4. The minimum atomic E-state index is -0.929. The van der Waals surface area contributed by atoms with Gasteiger partial charge in [0.15, 0.2) is 0 Å². The van der Waals surface area contributed by atoms with Crippen LogP contribution < -0.4 is 9.64 Å². The van der Waals surface area contributed by atoms with Crippen molar-refractivity contribution in [1.29, 1.82) is 0 Å². The normalized spacial score (nSPS) is 20.5. The number of amides is 1. The highest BCUT2D eigenvalue weighted by Gasteiger charge is 2.49. The summed E-state index contributed by atoms with van der Waals surface area (Å²) in [5, 5.41) is 9.64. The number of aryl methyl sites for hydroxylation is 1. The molecule has 3 aromatic carbocycles. The molecular formula is C28H26ClNO4. The van der Waals surface area contributed by atoms with Gasteiger partial charge in [-0.3, -0.25) is 14.5 Å². The van der Waals surface area contributed by atoms with Crippen molar-refractivity contribution in [2.45, 2.75) is 51.0 Å². The van der Waals surface area contributed by atoms with Gasteiger partial charge in [-0.15, -0.1) is 0 Å². The van der Waals surface area contributed by atoms with Crippen molar-refractivity contribution in [2.75, 3.05) is 4.90 Å². The Hall–Kier alpha value is -3.31. The predicted octanol–water partition coefficient (Wildman–Crippen LogP) is 6.06. The molecule has 0 unspecified atom stereocenters. The van der Waals surface area contributed by atoms with E-state index in [1.807, 2.05) is 31.2 Å². The van der Waals surface area contributed by atoms with Crippen LogP contribution in [0.5, 0.6) is 5.75 Å². The Labute approximate surface area is 203 Å². The van der Waals surface area contributed by atoms with Gasteiger partial charge in [-0.25, -0.2) is 0 Å². The van der Waals surface area contributed by atoms with Crippen molar-refractivity contribution in [2.24, 2.45) is 0 Å². The van der Waals surface area contributed by atoms with E-state index in [1.165, 1.54) is 0 Å². The van der Waals surface area contributed by atoms with Crippen LogP contribution in [0.2, 0.25) is 5.02 Å². The van der Waals surface area contributed by atoms with Gasteiger partial charge >= 0.3 is 5.97 Å². The summed E-state index contributed by atoms with van der Waals surface area (Å²) in [4.78, 5) is 26.8. The number of benzene rings is 3. The molecule has 34 heavy (non-hydrogen) atoms. The van der Waals surface area contributed by atoms with Crippen molar-refractivity contribution in [3.8, 4) is 5.75 Å². The lowest BCUT2D eigenvalue weighted by atomic mass is 9.76. The van der Waals surface area contributed by atoms with E-state index in [1.54, 1.807) is 35.2 Å². The number of carbonyl (C=O) groups excluding carboxylic acids is 1. The third kappa shape index (κ3) is 3.64. The maximum atomic E-state index is 14.1. The van der Waals surface area contributed by atoms with E-state index in [9.17, 15) is 9.59 Å². The summed E-state index contributed by atoms with van der Waals surface area (Å²) in [6, 6.07) is 18.6. The van der Waals surface area contributed by atoms with Gasteiger partial charge in [0.2, 0.25) is 5.91 Å². The number of hydrogen-bond acceptors (Lipinski definition) is 3. The fourth-order valence-electron chi connectivity index (χ4n) is 4.99. The summed E-state index contributed by atoms with van der Waals surface area (Å²) in [5.74, 6) is -0.101. The quantitative estimate of drug-likeness (QED) is 0.498. The lowest BCUT2D eigenvalue weighted by Gasteiger charge is -2.34. The molecule has 5 nitrogen and oxygen atoms in total. The number of carbonyl (C=O) groups is 2. The van der Waals surface area contributed by atoms with Crippen molar-refractivity contribution in [1.82, 2.24) is 0 Å². The van der Waals surface area contributed by atoms with E-state index >= 15 is 0 Å². The molecule has 1 amide bonds. The van der Waals surface area contributed by atoms with Crippen LogP contribution in [0.25, 0.3) is 0 Å². The SMILES string of the molecule is CC1(C)CCc2cc([C@@]3(C)C(=O)N(c4ccc(CC(=O)O)cc4)c4ccc(Cl)cc43)ccc2O1. The van der Waals surface area contributed by atoms with E-state index in [0.29, 0.717) is 16.3 Å². The average molecular weight is 476 g/mol. The second kappa shape index (κ2) is 7.88. The summed E-state index contributed by atoms with van der Waals surface area (Å²) >= 11 is 6.39. The maximum Gasteiger partial charge on any atom is 0.307 e. The Balaban J connectivity index is 1.60. The predicted molar refractivity (Wildman–Crippen MR) is 132 cm³/mol.